The molecule has 0 saturated carbocycles. The third-order valence-electron chi connectivity index (χ3n) is 2.45. The van der Waals surface area contributed by atoms with Gasteiger partial charge in [0.15, 0.2) is 0 Å². The molecule has 0 bridgehead atoms. The summed E-state index contributed by atoms with van der Waals surface area (Å²) in [6, 6.07) is 7.88. The van der Waals surface area contributed by atoms with Crippen LogP contribution in [-0.4, -0.2) is 16.0 Å². The number of carbonyl (C=O) groups is 1. The summed E-state index contributed by atoms with van der Waals surface area (Å²) in [5.41, 5.74) is 0.639. The zero-order chi connectivity index (χ0) is 13.8. The number of benzene rings is 1. The minimum absolute atomic E-state index is 0.00230. The van der Waals surface area contributed by atoms with Gasteiger partial charge in [-0.3, -0.25) is 10.1 Å². The number of carboxylic acids is 1. The lowest BCUT2D eigenvalue weighted by atomic mass is 10.2. The zero-order valence-corrected chi connectivity index (χ0v) is 10.5. The van der Waals surface area contributed by atoms with Gasteiger partial charge in [-0.15, -0.1) is 11.3 Å². The minimum atomic E-state index is -0.979. The molecule has 0 aliphatic heterocycles. The zero-order valence-electron chi connectivity index (χ0n) is 9.70. The molecular formula is C12H10N2O4S. The van der Waals surface area contributed by atoms with Gasteiger partial charge in [-0.25, -0.2) is 4.79 Å². The van der Waals surface area contributed by atoms with Gasteiger partial charge >= 0.3 is 5.97 Å². The fourth-order valence-corrected chi connectivity index (χ4v) is 2.35. The third-order valence-corrected chi connectivity index (χ3v) is 3.39. The van der Waals surface area contributed by atoms with Crippen LogP contribution in [0.4, 0.5) is 11.4 Å². The highest BCUT2D eigenvalue weighted by atomic mass is 32.1. The van der Waals surface area contributed by atoms with Gasteiger partial charge in [0.05, 0.1) is 10.5 Å². The van der Waals surface area contributed by atoms with Crippen molar-refractivity contribution in [3.8, 4) is 0 Å². The van der Waals surface area contributed by atoms with E-state index in [0.717, 1.165) is 4.88 Å². The van der Waals surface area contributed by atoms with Crippen LogP contribution in [0.1, 0.15) is 15.2 Å². The molecule has 0 aliphatic rings. The molecule has 7 heteroatoms. The molecule has 0 saturated heterocycles. The number of nitrogens with one attached hydrogen (secondary N) is 1. The molecule has 0 spiro atoms. The van der Waals surface area contributed by atoms with Crippen molar-refractivity contribution in [2.24, 2.45) is 0 Å². The summed E-state index contributed by atoms with van der Waals surface area (Å²) in [6.07, 6.45) is 0. The Bertz CT molecular complexity index is 624. The number of aromatic carboxylic acids is 1. The van der Waals surface area contributed by atoms with Crippen molar-refractivity contribution in [3.63, 3.8) is 0 Å². The molecule has 0 unspecified atom stereocenters. The number of hydrogen-bond donors (Lipinski definition) is 2. The summed E-state index contributed by atoms with van der Waals surface area (Å²) in [5, 5.41) is 24.1. The Hall–Kier alpha value is -2.41. The minimum Gasteiger partial charge on any atom is -0.478 e. The Morgan fingerprint density at radius 2 is 2.16 bits per heavy atom. The van der Waals surface area contributed by atoms with Crippen molar-refractivity contribution in [3.05, 3.63) is 56.3 Å². The fraction of sp³-hybridized carbons (Fsp3) is 0.0833. The van der Waals surface area contributed by atoms with E-state index in [2.05, 4.69) is 5.32 Å². The lowest BCUT2D eigenvalue weighted by Gasteiger charge is -2.04. The second-order valence-corrected chi connectivity index (χ2v) is 4.73. The fourth-order valence-electron chi connectivity index (χ4n) is 1.55. The summed E-state index contributed by atoms with van der Waals surface area (Å²) >= 11 is 1.30. The normalized spacial score (nSPS) is 10.1. The quantitative estimate of drug-likeness (QED) is 0.648. The largest absolute Gasteiger partial charge is 0.478 e. The standard InChI is InChI=1S/C12H10N2O4S/c15-12(16)8-5-9(19-7-8)6-13-10-3-1-2-4-11(10)14(17)18/h1-5,7,13H,6H2,(H,15,16). The molecule has 6 nitrogen and oxygen atoms in total. The maximum atomic E-state index is 10.8. The smallest absolute Gasteiger partial charge is 0.336 e. The number of anilines is 1. The number of carboxylic acid groups (broad SMARTS) is 1. The predicted octanol–water partition coefficient (Wildman–Crippen LogP) is 2.97. The summed E-state index contributed by atoms with van der Waals surface area (Å²) < 4.78 is 0. The topological polar surface area (TPSA) is 92.5 Å². The second-order valence-electron chi connectivity index (χ2n) is 3.73. The second kappa shape index (κ2) is 5.49. The van der Waals surface area contributed by atoms with Crippen molar-refractivity contribution in [1.82, 2.24) is 0 Å². The van der Waals surface area contributed by atoms with E-state index in [1.54, 1.807) is 29.6 Å². The van der Waals surface area contributed by atoms with Crippen LogP contribution in [0.3, 0.4) is 0 Å². The van der Waals surface area contributed by atoms with Crippen LogP contribution in [0.25, 0.3) is 0 Å². The molecule has 1 aromatic heterocycles. The van der Waals surface area contributed by atoms with Crippen molar-refractivity contribution >= 4 is 28.7 Å². The third kappa shape index (κ3) is 3.08. The summed E-state index contributed by atoms with van der Waals surface area (Å²) in [5.74, 6) is -0.979. The Morgan fingerprint density at radius 3 is 2.79 bits per heavy atom. The molecule has 0 fully saturated rings. The van der Waals surface area contributed by atoms with Gasteiger partial charge < -0.3 is 10.4 Å². The Kier molecular flexibility index (Phi) is 3.76. The molecule has 1 heterocycles. The average molecular weight is 278 g/mol. The first kappa shape index (κ1) is 13.0. The molecular weight excluding hydrogens is 268 g/mol. The van der Waals surface area contributed by atoms with Crippen LogP contribution < -0.4 is 5.32 Å². The van der Waals surface area contributed by atoms with Crippen LogP contribution in [0.15, 0.2) is 35.7 Å². The SMILES string of the molecule is O=C(O)c1csc(CNc2ccccc2[N+](=O)[O-])c1. The van der Waals surface area contributed by atoms with Crippen LogP contribution >= 0.6 is 11.3 Å². The van der Waals surface area contributed by atoms with E-state index in [4.69, 9.17) is 5.11 Å². The molecule has 98 valence electrons. The van der Waals surface area contributed by atoms with Crippen LogP contribution in [-0.2, 0) is 6.54 Å². The van der Waals surface area contributed by atoms with E-state index >= 15 is 0 Å². The van der Waals surface area contributed by atoms with Gasteiger partial charge in [0.25, 0.3) is 5.69 Å². The number of rotatable bonds is 5. The predicted molar refractivity (Wildman–Crippen MR) is 71.7 cm³/mol. The van der Waals surface area contributed by atoms with E-state index in [-0.39, 0.29) is 11.3 Å². The first-order chi connectivity index (χ1) is 9.08. The van der Waals surface area contributed by atoms with E-state index in [1.807, 2.05) is 0 Å². The van der Waals surface area contributed by atoms with Crippen molar-refractivity contribution in [1.29, 1.82) is 0 Å². The molecule has 2 aromatic rings. The van der Waals surface area contributed by atoms with Gasteiger partial charge in [0.2, 0.25) is 0 Å². The molecule has 2 N–H and O–H groups in total. The number of nitro groups is 1. The van der Waals surface area contributed by atoms with Crippen molar-refractivity contribution in [2.45, 2.75) is 6.54 Å². The van der Waals surface area contributed by atoms with E-state index < -0.39 is 10.9 Å². The van der Waals surface area contributed by atoms with E-state index in [1.165, 1.54) is 17.4 Å². The highest BCUT2D eigenvalue weighted by Crippen LogP contribution is 2.24. The van der Waals surface area contributed by atoms with Gasteiger partial charge in [0.1, 0.15) is 5.69 Å². The van der Waals surface area contributed by atoms with Crippen molar-refractivity contribution in [2.75, 3.05) is 5.32 Å². The number of hydrogen-bond acceptors (Lipinski definition) is 5. The Labute approximate surface area is 112 Å². The Morgan fingerprint density at radius 1 is 1.42 bits per heavy atom. The molecule has 19 heavy (non-hydrogen) atoms. The van der Waals surface area contributed by atoms with Gasteiger partial charge in [-0.05, 0) is 12.1 Å². The molecule has 1 aromatic carbocycles. The van der Waals surface area contributed by atoms with E-state index in [9.17, 15) is 14.9 Å². The lowest BCUT2D eigenvalue weighted by Crippen LogP contribution is -2.01. The highest BCUT2D eigenvalue weighted by molar-refractivity contribution is 7.10. The summed E-state index contributed by atoms with van der Waals surface area (Å²) in [4.78, 5) is 21.9. The summed E-state index contributed by atoms with van der Waals surface area (Å²) in [7, 11) is 0. The molecule has 0 amide bonds. The average Bonchev–Trinajstić information content (AvgIpc) is 2.85. The Balaban J connectivity index is 2.10. The molecule has 0 atom stereocenters. The monoisotopic (exact) mass is 278 g/mol. The molecule has 2 rings (SSSR count). The van der Waals surface area contributed by atoms with Crippen LogP contribution in [0, 0.1) is 10.1 Å². The van der Waals surface area contributed by atoms with Crippen LogP contribution in [0.2, 0.25) is 0 Å². The number of thiophene rings is 1. The van der Waals surface area contributed by atoms with E-state index in [0.29, 0.717) is 12.2 Å². The van der Waals surface area contributed by atoms with Gasteiger partial charge in [-0.1, -0.05) is 12.1 Å². The summed E-state index contributed by atoms with van der Waals surface area (Å²) in [6.45, 7) is 0.350. The maximum Gasteiger partial charge on any atom is 0.336 e. The molecule has 0 radical (unpaired) electrons. The van der Waals surface area contributed by atoms with Crippen molar-refractivity contribution < 1.29 is 14.8 Å². The van der Waals surface area contributed by atoms with Crippen LogP contribution in [0.5, 0.6) is 0 Å². The number of nitrogens with zero attached hydrogens (tertiary/aromatic N) is 1. The lowest BCUT2D eigenvalue weighted by molar-refractivity contribution is -0.384. The highest BCUT2D eigenvalue weighted by Gasteiger charge is 2.12. The van der Waals surface area contributed by atoms with Gasteiger partial charge in [-0.2, -0.15) is 0 Å². The molecule has 0 aliphatic carbocycles. The first-order valence-corrected chi connectivity index (χ1v) is 6.24. The number of nitro benzene ring substituents is 1. The first-order valence-electron chi connectivity index (χ1n) is 5.36. The maximum absolute atomic E-state index is 10.8. The number of para-hydroxylation sites is 2. The van der Waals surface area contributed by atoms with Gasteiger partial charge in [0, 0.05) is 22.9 Å².